The van der Waals surface area contributed by atoms with Crippen molar-refractivity contribution in [2.45, 2.75) is 13.5 Å². The van der Waals surface area contributed by atoms with E-state index in [9.17, 15) is 14.9 Å². The van der Waals surface area contributed by atoms with E-state index in [1.54, 1.807) is 43.3 Å². The first-order valence-corrected chi connectivity index (χ1v) is 9.27. The summed E-state index contributed by atoms with van der Waals surface area (Å²) in [7, 11) is 3.86. The zero-order valence-corrected chi connectivity index (χ0v) is 17.1. The van der Waals surface area contributed by atoms with Crippen LogP contribution in [0.15, 0.2) is 64.7 Å². The fourth-order valence-corrected chi connectivity index (χ4v) is 3.05. The van der Waals surface area contributed by atoms with Crippen LogP contribution in [-0.4, -0.2) is 36.5 Å². The van der Waals surface area contributed by atoms with E-state index in [1.165, 1.54) is 0 Å². The zero-order valence-electron chi connectivity index (χ0n) is 16.3. The van der Waals surface area contributed by atoms with E-state index < -0.39 is 11.8 Å². The molecule has 1 aliphatic rings. The molecule has 0 radical (unpaired) electrons. The van der Waals surface area contributed by atoms with Crippen molar-refractivity contribution in [3.05, 3.63) is 70.3 Å². The molecule has 1 heterocycles. The van der Waals surface area contributed by atoms with E-state index in [1.807, 2.05) is 37.2 Å². The number of rotatable bonds is 4. The van der Waals surface area contributed by atoms with Crippen LogP contribution in [-0.2, 0) is 16.1 Å². The van der Waals surface area contributed by atoms with Crippen molar-refractivity contribution in [2.75, 3.05) is 19.0 Å². The Morgan fingerprint density at radius 2 is 1.66 bits per heavy atom. The number of aliphatic imine (C=N–C) groups is 1. The number of nitrogens with zero attached hydrogens (tertiary/aromatic N) is 4. The van der Waals surface area contributed by atoms with Crippen LogP contribution < -0.4 is 4.90 Å². The minimum atomic E-state index is -0.619. The Balaban J connectivity index is 2.00. The zero-order chi connectivity index (χ0) is 21.1. The molecule has 7 heteroatoms. The average Bonchev–Trinajstić information content (AvgIpc) is 2.70. The lowest BCUT2D eigenvalue weighted by Crippen LogP contribution is -2.46. The molecule has 0 saturated heterocycles. The highest BCUT2D eigenvalue weighted by Crippen LogP contribution is 2.25. The van der Waals surface area contributed by atoms with Gasteiger partial charge in [-0.2, -0.15) is 5.26 Å². The van der Waals surface area contributed by atoms with Gasteiger partial charge in [0.25, 0.3) is 11.8 Å². The van der Waals surface area contributed by atoms with E-state index in [4.69, 9.17) is 11.6 Å². The van der Waals surface area contributed by atoms with Gasteiger partial charge in [0.1, 0.15) is 17.4 Å². The van der Waals surface area contributed by atoms with Crippen molar-refractivity contribution in [2.24, 2.45) is 4.99 Å². The third-order valence-electron chi connectivity index (χ3n) is 4.61. The number of amides is 2. The van der Waals surface area contributed by atoms with Crippen molar-refractivity contribution in [1.29, 1.82) is 5.26 Å². The van der Waals surface area contributed by atoms with Gasteiger partial charge in [0.15, 0.2) is 0 Å². The second-order valence-corrected chi connectivity index (χ2v) is 7.24. The summed E-state index contributed by atoms with van der Waals surface area (Å²) in [6, 6.07) is 16.1. The largest absolute Gasteiger partial charge is 0.378 e. The highest BCUT2D eigenvalue weighted by molar-refractivity contribution is 6.51. The maximum Gasteiger partial charge on any atom is 0.280 e. The highest BCUT2D eigenvalue weighted by Gasteiger charge is 2.36. The Bertz CT molecular complexity index is 1060. The molecule has 0 aliphatic carbocycles. The number of imide groups is 1. The van der Waals surface area contributed by atoms with Gasteiger partial charge < -0.3 is 4.90 Å². The maximum absolute atomic E-state index is 13.1. The summed E-state index contributed by atoms with van der Waals surface area (Å²) < 4.78 is 0. The van der Waals surface area contributed by atoms with Crippen LogP contribution in [0, 0.1) is 11.3 Å². The van der Waals surface area contributed by atoms with Crippen molar-refractivity contribution in [3.8, 4) is 6.07 Å². The number of carbonyl (C=O) groups excluding carboxylic acids is 2. The molecule has 0 N–H and O–H groups in total. The fourth-order valence-electron chi connectivity index (χ4n) is 2.93. The SMILES string of the molecule is CC1=C(C#N)C(=O)N(Cc2ccc(Cl)cc2)C(=O)C1=Nc1ccc(N(C)C)cc1. The van der Waals surface area contributed by atoms with E-state index in [0.717, 1.165) is 16.2 Å². The highest BCUT2D eigenvalue weighted by atomic mass is 35.5. The summed E-state index contributed by atoms with van der Waals surface area (Å²) in [6.07, 6.45) is 0. The predicted octanol–water partition coefficient (Wildman–Crippen LogP) is 3.89. The number of hydrogen-bond acceptors (Lipinski definition) is 5. The summed E-state index contributed by atoms with van der Waals surface area (Å²) in [4.78, 5) is 33.2. The van der Waals surface area contributed by atoms with Crippen LogP contribution in [0.2, 0.25) is 5.02 Å². The van der Waals surface area contributed by atoms with Gasteiger partial charge in [-0.1, -0.05) is 23.7 Å². The molecule has 1 aliphatic heterocycles. The first-order chi connectivity index (χ1) is 13.8. The first-order valence-electron chi connectivity index (χ1n) is 8.90. The number of anilines is 1. The van der Waals surface area contributed by atoms with Gasteiger partial charge in [-0.25, -0.2) is 4.99 Å². The van der Waals surface area contributed by atoms with Crippen LogP contribution in [0.1, 0.15) is 12.5 Å². The molecule has 0 fully saturated rings. The second kappa shape index (κ2) is 8.29. The van der Waals surface area contributed by atoms with Crippen LogP contribution in [0.4, 0.5) is 11.4 Å². The van der Waals surface area contributed by atoms with Gasteiger partial charge >= 0.3 is 0 Å². The molecule has 0 saturated carbocycles. The Morgan fingerprint density at radius 1 is 1.03 bits per heavy atom. The molecule has 0 spiro atoms. The van der Waals surface area contributed by atoms with Crippen molar-refractivity contribution in [1.82, 2.24) is 4.90 Å². The molecular weight excluding hydrogens is 388 g/mol. The molecule has 0 atom stereocenters. The Labute approximate surface area is 174 Å². The molecule has 146 valence electrons. The standard InChI is InChI=1S/C22H19ClN4O2/c1-14-19(12-24)21(28)27(13-15-4-6-16(23)7-5-15)22(29)20(14)25-17-8-10-18(11-9-17)26(2)3/h4-11H,13H2,1-3H3. The lowest BCUT2D eigenvalue weighted by atomic mass is 9.98. The lowest BCUT2D eigenvalue weighted by Gasteiger charge is -2.26. The molecule has 29 heavy (non-hydrogen) atoms. The van der Waals surface area contributed by atoms with E-state index >= 15 is 0 Å². The number of hydrogen-bond donors (Lipinski definition) is 0. The molecule has 6 nitrogen and oxygen atoms in total. The van der Waals surface area contributed by atoms with E-state index in [2.05, 4.69) is 4.99 Å². The summed E-state index contributed by atoms with van der Waals surface area (Å²) in [5.74, 6) is -1.15. The molecule has 2 amide bonds. The van der Waals surface area contributed by atoms with Gasteiger partial charge in [-0.3, -0.25) is 14.5 Å². The fraction of sp³-hybridized carbons (Fsp3) is 0.182. The molecule has 0 bridgehead atoms. The number of nitriles is 1. The summed E-state index contributed by atoms with van der Waals surface area (Å²) in [5.41, 5.74) is 2.58. The van der Waals surface area contributed by atoms with Gasteiger partial charge in [0.2, 0.25) is 0 Å². The van der Waals surface area contributed by atoms with Crippen LogP contribution >= 0.6 is 11.6 Å². The van der Waals surface area contributed by atoms with Crippen molar-refractivity contribution >= 4 is 40.5 Å². The van der Waals surface area contributed by atoms with E-state index in [-0.39, 0.29) is 23.4 Å². The van der Waals surface area contributed by atoms with Crippen LogP contribution in [0.25, 0.3) is 0 Å². The maximum atomic E-state index is 13.1. The molecule has 2 aromatic carbocycles. The summed E-state index contributed by atoms with van der Waals surface area (Å²) >= 11 is 5.90. The molecule has 2 aromatic rings. The Morgan fingerprint density at radius 3 is 2.21 bits per heavy atom. The summed E-state index contributed by atoms with van der Waals surface area (Å²) in [6.45, 7) is 1.60. The number of carbonyl (C=O) groups is 2. The third-order valence-corrected chi connectivity index (χ3v) is 4.86. The minimum absolute atomic E-state index is 0.0336. The van der Waals surface area contributed by atoms with Crippen LogP contribution in [0.5, 0.6) is 0 Å². The number of benzene rings is 2. The molecule has 0 aromatic heterocycles. The van der Waals surface area contributed by atoms with Gasteiger partial charge in [-0.05, 0) is 48.9 Å². The normalized spacial score (nSPS) is 15.7. The summed E-state index contributed by atoms with van der Waals surface area (Å²) in [5, 5.41) is 10.0. The second-order valence-electron chi connectivity index (χ2n) is 6.81. The van der Waals surface area contributed by atoms with E-state index in [0.29, 0.717) is 10.7 Å². The first kappa shape index (κ1) is 20.3. The third kappa shape index (κ3) is 4.20. The van der Waals surface area contributed by atoms with Gasteiger partial charge in [0.05, 0.1) is 12.2 Å². The van der Waals surface area contributed by atoms with Crippen molar-refractivity contribution in [3.63, 3.8) is 0 Å². The van der Waals surface area contributed by atoms with Gasteiger partial charge in [0, 0.05) is 30.4 Å². The Hall–Kier alpha value is -3.43. The quantitative estimate of drug-likeness (QED) is 0.722. The lowest BCUT2D eigenvalue weighted by molar-refractivity contribution is -0.139. The van der Waals surface area contributed by atoms with Crippen LogP contribution in [0.3, 0.4) is 0 Å². The topological polar surface area (TPSA) is 76.8 Å². The smallest absolute Gasteiger partial charge is 0.280 e. The monoisotopic (exact) mass is 406 g/mol. The molecule has 3 rings (SSSR count). The molecular formula is C22H19ClN4O2. The molecule has 0 unspecified atom stereocenters. The van der Waals surface area contributed by atoms with Gasteiger partial charge in [-0.15, -0.1) is 0 Å². The minimum Gasteiger partial charge on any atom is -0.378 e. The predicted molar refractivity (Wildman–Crippen MR) is 113 cm³/mol. The average molecular weight is 407 g/mol. The Kier molecular flexibility index (Phi) is 5.81. The van der Waals surface area contributed by atoms with Crippen molar-refractivity contribution < 1.29 is 9.59 Å². The number of halogens is 1.